The molecule has 0 amide bonds. The van der Waals surface area contributed by atoms with Gasteiger partial charge in [0.1, 0.15) is 12.3 Å². The van der Waals surface area contributed by atoms with Gasteiger partial charge in [-0.3, -0.25) is 0 Å². The van der Waals surface area contributed by atoms with Gasteiger partial charge in [0.05, 0.1) is 7.11 Å². The molecular weight excluding hydrogens is 186 g/mol. The topological polar surface area (TPSA) is 13.1 Å². The second-order valence-corrected chi connectivity index (χ2v) is 3.68. The van der Waals surface area contributed by atoms with Gasteiger partial charge in [0.2, 0.25) is 0 Å². The number of methoxy groups -OCH3 is 1. The first kappa shape index (κ1) is 9.97. The van der Waals surface area contributed by atoms with Crippen molar-refractivity contribution in [3.05, 3.63) is 36.7 Å². The predicted octanol–water partition coefficient (Wildman–Crippen LogP) is 2.55. The van der Waals surface area contributed by atoms with Gasteiger partial charge in [0.15, 0.2) is 12.4 Å². The van der Waals surface area contributed by atoms with Crippen molar-refractivity contribution in [1.29, 1.82) is 0 Å². The number of pyridine rings is 1. The first-order valence-corrected chi connectivity index (χ1v) is 5.30. The Hall–Kier alpha value is -1.57. The van der Waals surface area contributed by atoms with Gasteiger partial charge in [-0.15, -0.1) is 0 Å². The lowest BCUT2D eigenvalue weighted by molar-refractivity contribution is -0.695. The Morgan fingerprint density at radius 2 is 2.07 bits per heavy atom. The van der Waals surface area contributed by atoms with Crippen LogP contribution in [0.4, 0.5) is 0 Å². The van der Waals surface area contributed by atoms with Gasteiger partial charge in [-0.1, -0.05) is 6.92 Å². The van der Waals surface area contributed by atoms with Gasteiger partial charge in [0.25, 0.3) is 0 Å². The summed E-state index contributed by atoms with van der Waals surface area (Å²) >= 11 is 0. The summed E-state index contributed by atoms with van der Waals surface area (Å²) in [6.45, 7) is 3.26. The second kappa shape index (κ2) is 4.30. The van der Waals surface area contributed by atoms with E-state index in [1.54, 1.807) is 7.11 Å². The van der Waals surface area contributed by atoms with Gasteiger partial charge in [0, 0.05) is 17.9 Å². The van der Waals surface area contributed by atoms with Crippen molar-refractivity contribution in [2.24, 2.45) is 0 Å². The third kappa shape index (κ3) is 2.09. The van der Waals surface area contributed by atoms with E-state index in [0.29, 0.717) is 0 Å². The Morgan fingerprint density at radius 1 is 1.20 bits per heavy atom. The highest BCUT2D eigenvalue weighted by atomic mass is 16.5. The lowest BCUT2D eigenvalue weighted by Crippen LogP contribution is -2.32. The van der Waals surface area contributed by atoms with E-state index in [0.717, 1.165) is 18.7 Å². The Kier molecular flexibility index (Phi) is 2.86. The van der Waals surface area contributed by atoms with Gasteiger partial charge in [-0.2, -0.15) is 0 Å². The average Bonchev–Trinajstić information content (AvgIpc) is 2.29. The van der Waals surface area contributed by atoms with Crippen LogP contribution in [0.3, 0.4) is 0 Å². The standard InChI is InChI=1S/C13H16NO/c1-3-7-14-8-6-11-9-13(15-2)5-4-12(11)10-14/h4-6,8-10H,3,7H2,1-2H3/q+1. The van der Waals surface area contributed by atoms with Crippen LogP contribution >= 0.6 is 0 Å². The lowest BCUT2D eigenvalue weighted by Gasteiger charge is -2.01. The summed E-state index contributed by atoms with van der Waals surface area (Å²) in [6, 6.07) is 8.29. The fourth-order valence-corrected chi connectivity index (χ4v) is 1.74. The van der Waals surface area contributed by atoms with Crippen LogP contribution in [0.2, 0.25) is 0 Å². The molecule has 0 aliphatic rings. The Morgan fingerprint density at radius 3 is 2.80 bits per heavy atom. The summed E-state index contributed by atoms with van der Waals surface area (Å²) in [6.07, 6.45) is 5.45. The number of fused-ring (bicyclic) bond motifs is 1. The van der Waals surface area contributed by atoms with Crippen LogP contribution < -0.4 is 9.30 Å². The fourth-order valence-electron chi connectivity index (χ4n) is 1.74. The molecule has 78 valence electrons. The fraction of sp³-hybridized carbons (Fsp3) is 0.308. The summed E-state index contributed by atoms with van der Waals surface area (Å²) in [5, 5.41) is 2.48. The van der Waals surface area contributed by atoms with Crippen LogP contribution in [0.15, 0.2) is 36.7 Å². The summed E-state index contributed by atoms with van der Waals surface area (Å²) in [7, 11) is 1.70. The molecule has 1 aromatic carbocycles. The highest BCUT2D eigenvalue weighted by Gasteiger charge is 2.02. The first-order chi connectivity index (χ1) is 7.33. The molecule has 1 aromatic heterocycles. The zero-order valence-corrected chi connectivity index (χ0v) is 9.23. The van der Waals surface area contributed by atoms with Crippen molar-refractivity contribution in [3.8, 4) is 5.75 Å². The minimum Gasteiger partial charge on any atom is -0.497 e. The van der Waals surface area contributed by atoms with Crippen molar-refractivity contribution < 1.29 is 9.30 Å². The maximum atomic E-state index is 5.19. The number of aromatic nitrogens is 1. The van der Waals surface area contributed by atoms with E-state index in [4.69, 9.17) is 4.74 Å². The molecule has 0 unspecified atom stereocenters. The van der Waals surface area contributed by atoms with Crippen molar-refractivity contribution in [2.75, 3.05) is 7.11 Å². The number of hydrogen-bond acceptors (Lipinski definition) is 1. The molecule has 2 nitrogen and oxygen atoms in total. The molecule has 0 atom stereocenters. The van der Waals surface area contributed by atoms with Crippen LogP contribution in [0.25, 0.3) is 10.8 Å². The number of benzene rings is 1. The van der Waals surface area contributed by atoms with Crippen molar-refractivity contribution in [2.45, 2.75) is 19.9 Å². The second-order valence-electron chi connectivity index (χ2n) is 3.68. The third-order valence-electron chi connectivity index (χ3n) is 2.53. The molecule has 0 saturated heterocycles. The molecule has 15 heavy (non-hydrogen) atoms. The smallest absolute Gasteiger partial charge is 0.176 e. The van der Waals surface area contributed by atoms with E-state index in [2.05, 4.69) is 42.1 Å². The number of rotatable bonds is 3. The molecule has 0 bridgehead atoms. The molecule has 2 heteroatoms. The predicted molar refractivity (Wildman–Crippen MR) is 61.0 cm³/mol. The summed E-state index contributed by atoms with van der Waals surface area (Å²) in [5.74, 6) is 0.913. The Labute approximate surface area is 90.1 Å². The molecule has 0 aliphatic heterocycles. The Bertz CT molecular complexity index is 465. The van der Waals surface area contributed by atoms with Crippen LogP contribution in [0, 0.1) is 0 Å². The van der Waals surface area contributed by atoms with E-state index < -0.39 is 0 Å². The molecule has 0 aliphatic carbocycles. The number of aryl methyl sites for hydroxylation is 1. The molecule has 0 radical (unpaired) electrons. The van der Waals surface area contributed by atoms with E-state index in [9.17, 15) is 0 Å². The van der Waals surface area contributed by atoms with Crippen molar-refractivity contribution >= 4 is 10.8 Å². The SMILES string of the molecule is CCC[n+]1ccc2cc(OC)ccc2c1. The number of nitrogens with zero attached hydrogens (tertiary/aromatic N) is 1. The quantitative estimate of drug-likeness (QED) is 0.697. The van der Waals surface area contributed by atoms with Crippen LogP contribution in [0.5, 0.6) is 5.75 Å². The summed E-state index contributed by atoms with van der Waals surface area (Å²) in [4.78, 5) is 0. The molecular formula is C13H16NO+. The largest absolute Gasteiger partial charge is 0.497 e. The molecule has 0 spiro atoms. The number of hydrogen-bond donors (Lipinski definition) is 0. The third-order valence-corrected chi connectivity index (χ3v) is 2.53. The Balaban J connectivity index is 2.45. The van der Waals surface area contributed by atoms with Crippen molar-refractivity contribution in [3.63, 3.8) is 0 Å². The van der Waals surface area contributed by atoms with Crippen molar-refractivity contribution in [1.82, 2.24) is 0 Å². The minimum atomic E-state index is 0.913. The maximum absolute atomic E-state index is 5.19. The molecule has 0 fully saturated rings. The lowest BCUT2D eigenvalue weighted by atomic mass is 10.1. The zero-order chi connectivity index (χ0) is 10.7. The van der Waals surface area contributed by atoms with Crippen LogP contribution in [0.1, 0.15) is 13.3 Å². The van der Waals surface area contributed by atoms with E-state index >= 15 is 0 Å². The highest BCUT2D eigenvalue weighted by molar-refractivity contribution is 5.82. The monoisotopic (exact) mass is 202 g/mol. The first-order valence-electron chi connectivity index (χ1n) is 5.30. The van der Waals surface area contributed by atoms with Gasteiger partial charge >= 0.3 is 0 Å². The summed E-state index contributed by atoms with van der Waals surface area (Å²) < 4.78 is 7.41. The normalized spacial score (nSPS) is 10.5. The highest BCUT2D eigenvalue weighted by Crippen LogP contribution is 2.18. The maximum Gasteiger partial charge on any atom is 0.176 e. The summed E-state index contributed by atoms with van der Waals surface area (Å²) in [5.41, 5.74) is 0. The molecule has 2 rings (SSSR count). The van der Waals surface area contributed by atoms with E-state index in [1.165, 1.54) is 10.8 Å². The van der Waals surface area contributed by atoms with Crippen LogP contribution in [-0.2, 0) is 6.54 Å². The van der Waals surface area contributed by atoms with Gasteiger partial charge in [-0.05, 0) is 23.6 Å². The molecule has 0 N–H and O–H groups in total. The minimum absolute atomic E-state index is 0.913. The molecule has 1 heterocycles. The van der Waals surface area contributed by atoms with E-state index in [1.807, 2.05) is 6.07 Å². The van der Waals surface area contributed by atoms with Crippen LogP contribution in [-0.4, -0.2) is 7.11 Å². The van der Waals surface area contributed by atoms with Gasteiger partial charge in [-0.25, -0.2) is 4.57 Å². The average molecular weight is 202 g/mol. The number of ether oxygens (including phenoxy) is 1. The zero-order valence-electron chi connectivity index (χ0n) is 9.23. The molecule has 2 aromatic rings. The van der Waals surface area contributed by atoms with Gasteiger partial charge < -0.3 is 4.74 Å². The molecule has 0 saturated carbocycles. The van der Waals surface area contributed by atoms with E-state index in [-0.39, 0.29) is 0 Å².